The van der Waals surface area contributed by atoms with E-state index in [9.17, 15) is 12.8 Å². The Labute approximate surface area is 135 Å². The van der Waals surface area contributed by atoms with Gasteiger partial charge < -0.3 is 5.73 Å². The molecule has 2 N–H and O–H groups in total. The van der Waals surface area contributed by atoms with Crippen LogP contribution in [-0.4, -0.2) is 31.9 Å². The number of sulfonamides is 1. The quantitative estimate of drug-likeness (QED) is 0.905. The average Bonchev–Trinajstić information content (AvgIpc) is 2.38. The van der Waals surface area contributed by atoms with Gasteiger partial charge >= 0.3 is 0 Å². The van der Waals surface area contributed by atoms with Crippen LogP contribution in [0.2, 0.25) is 5.02 Å². The minimum absolute atomic E-state index is 0. The standard InChI is InChI=1S/C13H18ClFN2O2S.ClH/c1-9(16)10-3-2-6-17(8-10)20(18,19)13-5-4-11(14)7-12(13)15;/h4-5,7,9-10H,2-3,6,8,16H2,1H3;1H. The Kier molecular flexibility index (Phi) is 6.43. The average molecular weight is 357 g/mol. The molecule has 1 saturated heterocycles. The van der Waals surface area contributed by atoms with Crippen LogP contribution in [0.1, 0.15) is 19.8 Å². The van der Waals surface area contributed by atoms with Crippen LogP contribution in [0.25, 0.3) is 0 Å². The lowest BCUT2D eigenvalue weighted by atomic mass is 9.93. The molecule has 120 valence electrons. The highest BCUT2D eigenvalue weighted by Crippen LogP contribution is 2.27. The van der Waals surface area contributed by atoms with Crippen molar-refractivity contribution in [2.75, 3.05) is 13.1 Å². The molecule has 1 heterocycles. The van der Waals surface area contributed by atoms with Crippen molar-refractivity contribution in [2.24, 2.45) is 11.7 Å². The first-order valence-corrected chi connectivity index (χ1v) is 8.35. The largest absolute Gasteiger partial charge is 0.328 e. The molecule has 21 heavy (non-hydrogen) atoms. The first-order valence-electron chi connectivity index (χ1n) is 6.53. The normalized spacial score (nSPS) is 21.6. The summed E-state index contributed by atoms with van der Waals surface area (Å²) in [6.07, 6.45) is 1.63. The lowest BCUT2D eigenvalue weighted by Crippen LogP contribution is -2.45. The van der Waals surface area contributed by atoms with Gasteiger partial charge in [0, 0.05) is 24.2 Å². The molecule has 0 amide bonds. The van der Waals surface area contributed by atoms with Crippen molar-refractivity contribution in [3.63, 3.8) is 0 Å². The Morgan fingerprint density at radius 1 is 1.48 bits per heavy atom. The molecule has 8 heteroatoms. The summed E-state index contributed by atoms with van der Waals surface area (Å²) in [4.78, 5) is -0.327. The second-order valence-corrected chi connectivity index (χ2v) is 7.54. The Balaban J connectivity index is 0.00000220. The zero-order chi connectivity index (χ0) is 14.9. The molecule has 0 aromatic heterocycles. The van der Waals surface area contributed by atoms with Gasteiger partial charge in [0.1, 0.15) is 10.7 Å². The van der Waals surface area contributed by atoms with E-state index >= 15 is 0 Å². The van der Waals surface area contributed by atoms with E-state index < -0.39 is 15.8 Å². The first kappa shape index (κ1) is 18.6. The van der Waals surface area contributed by atoms with E-state index in [0.29, 0.717) is 13.1 Å². The summed E-state index contributed by atoms with van der Waals surface area (Å²) in [7, 11) is -3.83. The van der Waals surface area contributed by atoms with Crippen molar-refractivity contribution in [1.29, 1.82) is 0 Å². The third-order valence-electron chi connectivity index (χ3n) is 3.68. The van der Waals surface area contributed by atoms with Gasteiger partial charge in [-0.25, -0.2) is 12.8 Å². The second-order valence-electron chi connectivity index (χ2n) is 5.20. The number of hydrogen-bond donors (Lipinski definition) is 1. The number of nitrogens with two attached hydrogens (primary N) is 1. The molecule has 0 aliphatic carbocycles. The topological polar surface area (TPSA) is 63.4 Å². The number of nitrogens with zero attached hydrogens (tertiary/aromatic N) is 1. The van der Waals surface area contributed by atoms with Gasteiger partial charge in [0.25, 0.3) is 0 Å². The van der Waals surface area contributed by atoms with Crippen molar-refractivity contribution < 1.29 is 12.8 Å². The lowest BCUT2D eigenvalue weighted by molar-refractivity contribution is 0.242. The Morgan fingerprint density at radius 3 is 2.71 bits per heavy atom. The smallest absolute Gasteiger partial charge is 0.245 e. The third kappa shape index (κ3) is 4.07. The number of hydrogen-bond acceptors (Lipinski definition) is 3. The van der Waals surface area contributed by atoms with E-state index in [1.165, 1.54) is 16.4 Å². The van der Waals surface area contributed by atoms with Crippen LogP contribution in [0.15, 0.2) is 23.1 Å². The minimum atomic E-state index is -3.83. The van der Waals surface area contributed by atoms with Crippen LogP contribution < -0.4 is 5.73 Å². The van der Waals surface area contributed by atoms with Crippen molar-refractivity contribution in [1.82, 2.24) is 4.31 Å². The van der Waals surface area contributed by atoms with Gasteiger partial charge in [0.05, 0.1) is 0 Å². The maximum atomic E-state index is 13.8. The summed E-state index contributed by atoms with van der Waals surface area (Å²) in [5.41, 5.74) is 5.85. The number of benzene rings is 1. The summed E-state index contributed by atoms with van der Waals surface area (Å²) < 4.78 is 40.1. The fraction of sp³-hybridized carbons (Fsp3) is 0.538. The molecule has 4 nitrogen and oxygen atoms in total. The van der Waals surface area contributed by atoms with Gasteiger partial charge in [-0.1, -0.05) is 11.6 Å². The highest BCUT2D eigenvalue weighted by Gasteiger charge is 2.33. The molecule has 0 saturated carbocycles. The van der Waals surface area contributed by atoms with Crippen LogP contribution in [0.4, 0.5) is 4.39 Å². The van der Waals surface area contributed by atoms with E-state index in [1.54, 1.807) is 0 Å². The Hall–Kier alpha value is -0.400. The van der Waals surface area contributed by atoms with Crippen molar-refractivity contribution in [2.45, 2.75) is 30.7 Å². The van der Waals surface area contributed by atoms with Crippen LogP contribution in [0, 0.1) is 11.7 Å². The van der Waals surface area contributed by atoms with Gasteiger partial charge in [0.2, 0.25) is 10.0 Å². The highest BCUT2D eigenvalue weighted by molar-refractivity contribution is 7.89. The zero-order valence-electron chi connectivity index (χ0n) is 11.6. The summed E-state index contributed by atoms with van der Waals surface area (Å²) in [6, 6.07) is 3.53. The fourth-order valence-corrected chi connectivity index (χ4v) is 4.18. The highest BCUT2D eigenvalue weighted by atomic mass is 35.5. The molecule has 0 bridgehead atoms. The van der Waals surface area contributed by atoms with Gasteiger partial charge in [-0.2, -0.15) is 4.31 Å². The summed E-state index contributed by atoms with van der Waals surface area (Å²) >= 11 is 5.65. The fourth-order valence-electron chi connectivity index (χ4n) is 2.44. The van der Waals surface area contributed by atoms with E-state index in [2.05, 4.69) is 0 Å². The van der Waals surface area contributed by atoms with Crippen molar-refractivity contribution >= 4 is 34.0 Å². The number of piperidine rings is 1. The zero-order valence-corrected chi connectivity index (χ0v) is 14.0. The molecule has 0 radical (unpaired) electrons. The molecular weight excluding hydrogens is 338 g/mol. The van der Waals surface area contributed by atoms with Crippen LogP contribution in [-0.2, 0) is 10.0 Å². The summed E-state index contributed by atoms with van der Waals surface area (Å²) in [5.74, 6) is -0.714. The van der Waals surface area contributed by atoms with Gasteiger partial charge in [0.15, 0.2) is 0 Å². The second kappa shape index (κ2) is 7.24. The van der Waals surface area contributed by atoms with E-state index in [-0.39, 0.29) is 34.3 Å². The lowest BCUT2D eigenvalue weighted by Gasteiger charge is -2.33. The van der Waals surface area contributed by atoms with Gasteiger partial charge in [-0.3, -0.25) is 0 Å². The molecular formula is C13H19Cl2FN2O2S. The molecule has 1 aliphatic heterocycles. The maximum absolute atomic E-state index is 13.8. The molecule has 1 fully saturated rings. The van der Waals surface area contributed by atoms with Crippen LogP contribution >= 0.6 is 24.0 Å². The van der Waals surface area contributed by atoms with Gasteiger partial charge in [-0.15, -0.1) is 12.4 Å². The SMILES string of the molecule is CC(N)C1CCCN(S(=O)(=O)c2ccc(Cl)cc2F)C1.Cl. The predicted octanol–water partition coefficient (Wildman–Crippen LogP) is 2.65. The van der Waals surface area contributed by atoms with Crippen LogP contribution in [0.5, 0.6) is 0 Å². The molecule has 2 unspecified atom stereocenters. The molecule has 1 aromatic carbocycles. The minimum Gasteiger partial charge on any atom is -0.328 e. The monoisotopic (exact) mass is 356 g/mol. The molecule has 2 atom stereocenters. The summed E-state index contributed by atoms with van der Waals surface area (Å²) in [6.45, 7) is 2.60. The van der Waals surface area contributed by atoms with E-state index in [4.69, 9.17) is 17.3 Å². The predicted molar refractivity (Wildman–Crippen MR) is 83.8 cm³/mol. The molecule has 1 aromatic rings. The van der Waals surface area contributed by atoms with E-state index in [1.807, 2.05) is 6.92 Å². The molecule has 0 spiro atoms. The van der Waals surface area contributed by atoms with Crippen molar-refractivity contribution in [3.8, 4) is 0 Å². The summed E-state index contributed by atoms with van der Waals surface area (Å²) in [5, 5.41) is 0.175. The Morgan fingerprint density at radius 2 is 2.14 bits per heavy atom. The first-order chi connectivity index (χ1) is 9.32. The molecule has 2 rings (SSSR count). The van der Waals surface area contributed by atoms with Gasteiger partial charge in [-0.05, 0) is 43.9 Å². The Bertz CT molecular complexity index is 596. The number of halogens is 3. The maximum Gasteiger partial charge on any atom is 0.245 e. The number of rotatable bonds is 3. The van der Waals surface area contributed by atoms with Crippen molar-refractivity contribution in [3.05, 3.63) is 29.0 Å². The van der Waals surface area contributed by atoms with Crippen LogP contribution in [0.3, 0.4) is 0 Å². The van der Waals surface area contributed by atoms with E-state index in [0.717, 1.165) is 18.9 Å². The molecule has 1 aliphatic rings. The third-order valence-corrected chi connectivity index (χ3v) is 5.81.